The van der Waals surface area contributed by atoms with Gasteiger partial charge in [0.15, 0.2) is 0 Å². The molecule has 1 saturated heterocycles. The van der Waals surface area contributed by atoms with Gasteiger partial charge in [0, 0.05) is 6.54 Å². The number of rotatable bonds is 4. The predicted octanol–water partition coefficient (Wildman–Crippen LogP) is 1.16. The molecule has 21 heavy (non-hydrogen) atoms. The highest BCUT2D eigenvalue weighted by Gasteiger charge is 2.38. The zero-order valence-electron chi connectivity index (χ0n) is 12.1. The molecule has 0 bridgehead atoms. The molecule has 7 heteroatoms. The zero-order chi connectivity index (χ0) is 15.5. The smallest absolute Gasteiger partial charge is 0.324 e. The summed E-state index contributed by atoms with van der Waals surface area (Å²) in [6.07, 6.45) is 0.962. The highest BCUT2D eigenvalue weighted by molar-refractivity contribution is 7.89. The zero-order valence-corrected chi connectivity index (χ0v) is 12.9. The van der Waals surface area contributed by atoms with E-state index >= 15 is 0 Å². The lowest BCUT2D eigenvalue weighted by atomic mass is 10.1. The number of methoxy groups -OCH3 is 2. The van der Waals surface area contributed by atoms with Crippen molar-refractivity contribution in [3.63, 3.8) is 0 Å². The minimum atomic E-state index is -3.44. The molecule has 0 aromatic heterocycles. The fraction of sp³-hybridized carbons (Fsp3) is 0.500. The van der Waals surface area contributed by atoms with Crippen molar-refractivity contribution in [2.45, 2.75) is 25.4 Å². The van der Waals surface area contributed by atoms with Gasteiger partial charge in [-0.05, 0) is 30.5 Å². The molecule has 116 valence electrons. The molecule has 0 N–H and O–H groups in total. The first kappa shape index (κ1) is 15.8. The van der Waals surface area contributed by atoms with E-state index in [2.05, 4.69) is 0 Å². The molecule has 1 aromatic carbocycles. The van der Waals surface area contributed by atoms with Gasteiger partial charge in [-0.15, -0.1) is 0 Å². The van der Waals surface area contributed by atoms with Crippen LogP contribution in [0.25, 0.3) is 0 Å². The molecule has 0 amide bonds. The van der Waals surface area contributed by atoms with E-state index in [1.54, 1.807) is 31.4 Å². The molecule has 2 rings (SSSR count). The van der Waals surface area contributed by atoms with Gasteiger partial charge >= 0.3 is 5.97 Å². The largest absolute Gasteiger partial charge is 0.497 e. The van der Waals surface area contributed by atoms with Crippen molar-refractivity contribution in [2.24, 2.45) is 0 Å². The number of carbonyl (C=O) groups is 1. The van der Waals surface area contributed by atoms with Gasteiger partial charge in [0.2, 0.25) is 10.0 Å². The van der Waals surface area contributed by atoms with E-state index in [0.29, 0.717) is 18.6 Å². The Bertz CT molecular complexity index is 596. The predicted molar refractivity (Wildman–Crippen MR) is 77.4 cm³/mol. The summed E-state index contributed by atoms with van der Waals surface area (Å²) in [5, 5.41) is 0. The summed E-state index contributed by atoms with van der Waals surface area (Å²) < 4.78 is 35.5. The van der Waals surface area contributed by atoms with E-state index < -0.39 is 22.0 Å². The Kier molecular flexibility index (Phi) is 4.84. The Labute approximate surface area is 124 Å². The van der Waals surface area contributed by atoms with Gasteiger partial charge in [0.25, 0.3) is 0 Å². The number of benzene rings is 1. The van der Waals surface area contributed by atoms with Crippen molar-refractivity contribution < 1.29 is 22.7 Å². The summed E-state index contributed by atoms with van der Waals surface area (Å²) in [6, 6.07) is 6.36. The summed E-state index contributed by atoms with van der Waals surface area (Å²) in [5.74, 6) is 0.257. The standard InChI is InChI=1S/C14H19NO5S/c1-19-12-7-5-11(6-8-12)10-15-13(14(16)20-2)4-3-9-21(15,17)18/h5-8,13H,3-4,9-10H2,1-2H3/t13-/m1/s1. The molecular weight excluding hydrogens is 294 g/mol. The molecule has 1 fully saturated rings. The number of hydrogen-bond acceptors (Lipinski definition) is 5. The Morgan fingerprint density at radius 3 is 2.52 bits per heavy atom. The van der Waals surface area contributed by atoms with Crippen LogP contribution in [0.3, 0.4) is 0 Å². The van der Waals surface area contributed by atoms with Crippen LogP contribution in [0.2, 0.25) is 0 Å². The minimum Gasteiger partial charge on any atom is -0.497 e. The summed E-state index contributed by atoms with van der Waals surface area (Å²) in [6.45, 7) is 0.159. The summed E-state index contributed by atoms with van der Waals surface area (Å²) in [4.78, 5) is 11.8. The Hall–Kier alpha value is -1.60. The average Bonchev–Trinajstić information content (AvgIpc) is 2.49. The van der Waals surface area contributed by atoms with E-state index in [0.717, 1.165) is 5.56 Å². The number of hydrogen-bond donors (Lipinski definition) is 0. The summed E-state index contributed by atoms with van der Waals surface area (Å²) >= 11 is 0. The quantitative estimate of drug-likeness (QED) is 0.780. The molecule has 1 heterocycles. The molecule has 1 aliphatic heterocycles. The fourth-order valence-corrected chi connectivity index (χ4v) is 4.10. The first-order chi connectivity index (χ1) is 9.97. The van der Waals surface area contributed by atoms with Crippen molar-refractivity contribution in [1.82, 2.24) is 4.31 Å². The second kappa shape index (κ2) is 6.44. The van der Waals surface area contributed by atoms with Crippen molar-refractivity contribution in [3.05, 3.63) is 29.8 Å². The Morgan fingerprint density at radius 2 is 1.95 bits per heavy atom. The van der Waals surface area contributed by atoms with Crippen LogP contribution in [0, 0.1) is 0 Å². The minimum absolute atomic E-state index is 0.0661. The average molecular weight is 313 g/mol. The third-order valence-electron chi connectivity index (χ3n) is 3.56. The maximum absolute atomic E-state index is 12.2. The van der Waals surface area contributed by atoms with Crippen molar-refractivity contribution >= 4 is 16.0 Å². The second-order valence-electron chi connectivity index (χ2n) is 4.89. The molecule has 1 atom stereocenters. The van der Waals surface area contributed by atoms with Crippen LogP contribution < -0.4 is 4.74 Å². The number of sulfonamides is 1. The monoisotopic (exact) mass is 313 g/mol. The van der Waals surface area contributed by atoms with Crippen LogP contribution in [0.4, 0.5) is 0 Å². The lowest BCUT2D eigenvalue weighted by Gasteiger charge is -2.32. The lowest BCUT2D eigenvalue weighted by Crippen LogP contribution is -2.49. The maximum atomic E-state index is 12.2. The van der Waals surface area contributed by atoms with Gasteiger partial charge in [-0.1, -0.05) is 12.1 Å². The topological polar surface area (TPSA) is 72.9 Å². The number of nitrogens with zero attached hydrogens (tertiary/aromatic N) is 1. The Balaban J connectivity index is 2.24. The van der Waals surface area contributed by atoms with Gasteiger partial charge < -0.3 is 9.47 Å². The normalized spacial score (nSPS) is 21.7. The van der Waals surface area contributed by atoms with Crippen LogP contribution in [0.1, 0.15) is 18.4 Å². The lowest BCUT2D eigenvalue weighted by molar-refractivity contribution is -0.145. The van der Waals surface area contributed by atoms with Crippen LogP contribution >= 0.6 is 0 Å². The van der Waals surface area contributed by atoms with Gasteiger partial charge in [0.05, 0.1) is 20.0 Å². The van der Waals surface area contributed by atoms with Crippen molar-refractivity contribution in [3.8, 4) is 5.75 Å². The third-order valence-corrected chi connectivity index (χ3v) is 5.46. The van der Waals surface area contributed by atoms with E-state index in [1.807, 2.05) is 0 Å². The van der Waals surface area contributed by atoms with E-state index in [-0.39, 0.29) is 12.3 Å². The molecule has 1 aliphatic rings. The number of ether oxygens (including phenoxy) is 2. The Morgan fingerprint density at radius 1 is 1.29 bits per heavy atom. The van der Waals surface area contributed by atoms with E-state index in [1.165, 1.54) is 11.4 Å². The molecule has 0 saturated carbocycles. The van der Waals surface area contributed by atoms with Crippen molar-refractivity contribution in [1.29, 1.82) is 0 Å². The van der Waals surface area contributed by atoms with Crippen LogP contribution in [0.15, 0.2) is 24.3 Å². The van der Waals surface area contributed by atoms with Gasteiger partial charge in [-0.2, -0.15) is 4.31 Å². The molecule has 1 aromatic rings. The fourth-order valence-electron chi connectivity index (χ4n) is 2.41. The second-order valence-corrected chi connectivity index (χ2v) is 6.93. The van der Waals surface area contributed by atoms with Crippen LogP contribution in [0.5, 0.6) is 5.75 Å². The maximum Gasteiger partial charge on any atom is 0.324 e. The van der Waals surface area contributed by atoms with Gasteiger partial charge in [-0.3, -0.25) is 4.79 Å². The third kappa shape index (κ3) is 3.54. The van der Waals surface area contributed by atoms with Crippen LogP contribution in [-0.2, 0) is 26.1 Å². The summed E-state index contributed by atoms with van der Waals surface area (Å²) in [5.41, 5.74) is 0.801. The first-order valence-corrected chi connectivity index (χ1v) is 8.29. The first-order valence-electron chi connectivity index (χ1n) is 6.68. The van der Waals surface area contributed by atoms with E-state index in [9.17, 15) is 13.2 Å². The number of esters is 1. The molecule has 0 aliphatic carbocycles. The highest BCUT2D eigenvalue weighted by Crippen LogP contribution is 2.24. The summed E-state index contributed by atoms with van der Waals surface area (Å²) in [7, 11) is -0.601. The molecular formula is C14H19NO5S. The number of carbonyl (C=O) groups excluding carboxylic acids is 1. The van der Waals surface area contributed by atoms with Gasteiger partial charge in [0.1, 0.15) is 11.8 Å². The van der Waals surface area contributed by atoms with Crippen molar-refractivity contribution in [2.75, 3.05) is 20.0 Å². The highest BCUT2D eigenvalue weighted by atomic mass is 32.2. The van der Waals surface area contributed by atoms with E-state index in [4.69, 9.17) is 9.47 Å². The van der Waals surface area contributed by atoms with Gasteiger partial charge in [-0.25, -0.2) is 8.42 Å². The molecule has 0 unspecified atom stereocenters. The molecule has 6 nitrogen and oxygen atoms in total. The molecule has 0 spiro atoms. The SMILES string of the molecule is COC(=O)[C@H]1CCCS(=O)(=O)N1Cc1ccc(OC)cc1. The van der Waals surface area contributed by atoms with Crippen LogP contribution in [-0.4, -0.2) is 44.7 Å². The molecule has 0 radical (unpaired) electrons.